The van der Waals surface area contributed by atoms with Crippen molar-refractivity contribution in [3.63, 3.8) is 0 Å². The van der Waals surface area contributed by atoms with Gasteiger partial charge in [0.1, 0.15) is 17.6 Å². The van der Waals surface area contributed by atoms with Gasteiger partial charge >= 0.3 is 6.09 Å². The highest BCUT2D eigenvalue weighted by molar-refractivity contribution is 6.23. The molecular weight excluding hydrogens is 1010 g/mol. The third kappa shape index (κ3) is 11.9. The minimum Gasteiger partial charge on any atom is -0.507 e. The number of aromatic hydroxyl groups is 6. The third-order valence-electron chi connectivity index (χ3n) is 14.2. The predicted octanol–water partition coefficient (Wildman–Crippen LogP) is 8.79. The number of aliphatic hydroxyl groups is 1. The molecule has 1 aliphatic carbocycles. The minimum atomic E-state index is -1.00. The summed E-state index contributed by atoms with van der Waals surface area (Å²) in [7, 11) is 4.21. The molecule has 2 amide bonds. The van der Waals surface area contributed by atoms with Gasteiger partial charge in [0.2, 0.25) is 11.6 Å². The first-order valence-corrected chi connectivity index (χ1v) is 25.1. The van der Waals surface area contributed by atoms with E-state index in [-0.39, 0.29) is 79.8 Å². The number of aliphatic hydroxyl groups excluding tert-OH is 1. The SMILES string of the molecule is COC1=C2C[C@@H](C)C[C@H](OC)[C@H](O)[C@@H](C)/C=C(\C)[C@H](OC(N)=O)[C@@H](OC)/C=C\C=C(/C)C(=O)NC(=CC1=O)C2=O.Cc1cc2c(C(C)C)c(O)c(O)c(C=O)c2c(O)c1-c1c(C)cc2c(C(C)C)c(O)c(O)c(C=O)c2c1O. The fourth-order valence-corrected chi connectivity index (χ4v) is 10.4. The molecule has 1 heterocycles. The van der Waals surface area contributed by atoms with E-state index in [1.807, 2.05) is 6.92 Å². The number of phenolic OH excluding ortho intramolecular Hbond substituents is 6. The zero-order valence-electron chi connectivity index (χ0n) is 46.0. The summed E-state index contributed by atoms with van der Waals surface area (Å²) < 4.78 is 21.7. The maximum Gasteiger partial charge on any atom is 0.405 e. The number of primary amides is 1. The molecule has 418 valence electrons. The molecule has 4 aromatic rings. The van der Waals surface area contributed by atoms with Crippen molar-refractivity contribution in [2.45, 2.75) is 118 Å². The summed E-state index contributed by atoms with van der Waals surface area (Å²) in [6, 6.07) is 3.31. The van der Waals surface area contributed by atoms with Crippen molar-refractivity contribution in [3.05, 3.63) is 104 Å². The van der Waals surface area contributed by atoms with E-state index in [9.17, 15) is 64.5 Å². The summed E-state index contributed by atoms with van der Waals surface area (Å²) in [6.07, 6.45) is 4.30. The molecule has 78 heavy (non-hydrogen) atoms. The number of carbonyl (C=O) groups is 6. The summed E-state index contributed by atoms with van der Waals surface area (Å²) in [4.78, 5) is 74.6. The van der Waals surface area contributed by atoms with Crippen molar-refractivity contribution in [3.8, 4) is 45.6 Å². The molecule has 0 aromatic heterocycles. The van der Waals surface area contributed by atoms with Gasteiger partial charge in [0.15, 0.2) is 47.4 Å². The van der Waals surface area contributed by atoms with E-state index in [4.69, 9.17) is 24.7 Å². The summed E-state index contributed by atoms with van der Waals surface area (Å²) >= 11 is 0. The van der Waals surface area contributed by atoms with Crippen molar-refractivity contribution >= 4 is 57.7 Å². The Bertz CT molecular complexity index is 3120. The van der Waals surface area contributed by atoms with Gasteiger partial charge in [0.05, 0.1) is 36.1 Å². The molecule has 2 bridgehead atoms. The Morgan fingerprint density at radius 2 is 1.26 bits per heavy atom. The molecule has 0 spiro atoms. The van der Waals surface area contributed by atoms with Crippen LogP contribution in [0.5, 0.6) is 34.5 Å². The lowest BCUT2D eigenvalue weighted by Gasteiger charge is -2.29. The lowest BCUT2D eigenvalue weighted by molar-refractivity contribution is -0.120. The van der Waals surface area contributed by atoms with Crippen LogP contribution in [0, 0.1) is 25.7 Å². The number of benzene rings is 4. The molecule has 0 saturated heterocycles. The Hall–Kier alpha value is -8.00. The number of ketones is 2. The molecule has 1 aliphatic heterocycles. The van der Waals surface area contributed by atoms with Crippen molar-refractivity contribution < 1.29 is 83.5 Å². The smallest absolute Gasteiger partial charge is 0.405 e. The Balaban J connectivity index is 0.000000288. The second-order valence-electron chi connectivity index (χ2n) is 20.4. The number of methoxy groups -OCH3 is 3. The topological polar surface area (TPSA) is 319 Å². The number of nitrogens with one attached hydrogen (secondary N) is 1. The number of hydrogen-bond acceptors (Lipinski definition) is 17. The number of aldehydes is 2. The molecule has 4 aromatic carbocycles. The number of nitrogens with two attached hydrogens (primary N) is 1. The lowest BCUT2D eigenvalue weighted by atomic mass is 9.83. The highest BCUT2D eigenvalue weighted by atomic mass is 16.6. The largest absolute Gasteiger partial charge is 0.507 e. The fourth-order valence-electron chi connectivity index (χ4n) is 10.4. The number of Topliss-reactive ketones (excluding diaryl/α,β-unsaturated/α-hetero) is 1. The number of amides is 2. The zero-order valence-corrected chi connectivity index (χ0v) is 46.0. The van der Waals surface area contributed by atoms with Crippen molar-refractivity contribution in [1.82, 2.24) is 5.32 Å². The quantitative estimate of drug-likeness (QED) is 0.0327. The maximum atomic E-state index is 13.3. The number of hydrogen-bond donors (Lipinski definition) is 9. The molecule has 19 nitrogen and oxygen atoms in total. The second-order valence-corrected chi connectivity index (χ2v) is 20.4. The first-order valence-electron chi connectivity index (χ1n) is 25.1. The van der Waals surface area contributed by atoms with E-state index in [0.717, 1.165) is 6.08 Å². The molecule has 19 heteroatoms. The highest BCUT2D eigenvalue weighted by Gasteiger charge is 2.35. The molecule has 0 saturated carbocycles. The number of ether oxygens (including phenoxy) is 4. The highest BCUT2D eigenvalue weighted by Crippen LogP contribution is 2.54. The van der Waals surface area contributed by atoms with Crippen LogP contribution < -0.4 is 11.1 Å². The second kappa shape index (κ2) is 25.0. The number of allylic oxidation sites excluding steroid dienone is 4. The third-order valence-corrected chi connectivity index (χ3v) is 14.2. The van der Waals surface area contributed by atoms with E-state index >= 15 is 0 Å². The molecule has 0 fully saturated rings. The van der Waals surface area contributed by atoms with E-state index in [0.29, 0.717) is 57.6 Å². The average molecular weight is 1080 g/mol. The predicted molar refractivity (Wildman–Crippen MR) is 292 cm³/mol. The van der Waals surface area contributed by atoms with Crippen LogP contribution in [0.1, 0.15) is 123 Å². The fraction of sp³-hybridized carbons (Fsp3) is 0.390. The molecule has 6 atom stereocenters. The van der Waals surface area contributed by atoms with Gasteiger partial charge in [-0.15, -0.1) is 0 Å². The van der Waals surface area contributed by atoms with Crippen molar-refractivity contribution in [2.75, 3.05) is 21.3 Å². The van der Waals surface area contributed by atoms with E-state index in [2.05, 4.69) is 5.32 Å². The van der Waals surface area contributed by atoms with E-state index < -0.39 is 88.4 Å². The Morgan fingerprint density at radius 3 is 1.68 bits per heavy atom. The number of aryl methyl sites for hydroxylation is 2. The normalized spacial score (nSPS) is 22.5. The van der Waals surface area contributed by atoms with Gasteiger partial charge in [-0.25, -0.2) is 4.79 Å². The van der Waals surface area contributed by atoms with Gasteiger partial charge in [-0.2, -0.15) is 0 Å². The summed E-state index contributed by atoms with van der Waals surface area (Å²) in [5.74, 6) is -5.96. The molecular formula is C59H70N2O17. The van der Waals surface area contributed by atoms with E-state index in [1.54, 1.807) is 85.8 Å². The van der Waals surface area contributed by atoms with Crippen LogP contribution in [0.2, 0.25) is 0 Å². The van der Waals surface area contributed by atoms with Gasteiger partial charge in [-0.05, 0) is 85.8 Å². The zero-order chi connectivity index (χ0) is 58.5. The number of carbonyl (C=O) groups excluding carboxylic acids is 6. The van der Waals surface area contributed by atoms with Crippen LogP contribution in [-0.4, -0.2) is 118 Å². The van der Waals surface area contributed by atoms with Crippen LogP contribution in [0.3, 0.4) is 0 Å². The van der Waals surface area contributed by atoms with Gasteiger partial charge in [0, 0.05) is 70.4 Å². The Morgan fingerprint density at radius 1 is 0.756 bits per heavy atom. The monoisotopic (exact) mass is 1080 g/mol. The molecule has 0 unspecified atom stereocenters. The van der Waals surface area contributed by atoms with Crippen LogP contribution >= 0.6 is 0 Å². The minimum absolute atomic E-state index is 0.00512. The van der Waals surface area contributed by atoms with Crippen LogP contribution in [-0.2, 0) is 33.3 Å². The van der Waals surface area contributed by atoms with Gasteiger partial charge in [-0.1, -0.05) is 78.0 Å². The average Bonchev–Trinajstić information content (AvgIpc) is 3.56. The Labute approximate surface area is 452 Å². The van der Waals surface area contributed by atoms with Crippen LogP contribution in [0.25, 0.3) is 32.7 Å². The molecule has 10 N–H and O–H groups in total. The maximum absolute atomic E-state index is 13.3. The summed E-state index contributed by atoms with van der Waals surface area (Å²) in [5.41, 5.74) is 7.45. The Kier molecular flexibility index (Phi) is 19.5. The van der Waals surface area contributed by atoms with Gasteiger partial charge in [-0.3, -0.25) is 24.0 Å². The molecule has 6 rings (SSSR count). The molecule has 0 radical (unpaired) electrons. The molecule has 2 aliphatic rings. The first kappa shape index (κ1) is 60.9. The number of rotatable bonds is 9. The standard InChI is InChI=1S/C30H30O8.C29H40N2O9/c1-11(2)19-15-7-13(5)21(27(35)23(15)17(9-31)25(33)29(19)37)22-14(6)8-16-20(12(3)4)30(38)26(34)18(10-32)24(16)28(22)36;1-15-11-19-25(34)20(14-21(32)27(19)39-7)31-28(35)16(2)9-8-10-22(37-5)26(40-29(30)36)18(4)13-17(3)24(33)23(12-15)38-6/h7-12,33-38H,1-6H3;8-10,13-15,17,22-24,26,33H,11-12H2,1-7H3,(H2,30,36)(H,31,35)/b;10-8-,16-9+,18-13+/t;15-,17+,22+,23+,24-,26+/m.1/s1. The number of phenols is 6. The summed E-state index contributed by atoms with van der Waals surface area (Å²) in [5, 5.41) is 80.0. The first-order chi connectivity index (χ1) is 36.6. The van der Waals surface area contributed by atoms with Crippen molar-refractivity contribution in [1.29, 1.82) is 0 Å². The lowest BCUT2D eigenvalue weighted by Crippen LogP contribution is -2.37. The van der Waals surface area contributed by atoms with Crippen molar-refractivity contribution in [2.24, 2.45) is 17.6 Å². The van der Waals surface area contributed by atoms with Crippen LogP contribution in [0.15, 0.2) is 70.7 Å². The van der Waals surface area contributed by atoms with Crippen LogP contribution in [0.4, 0.5) is 4.79 Å². The van der Waals surface area contributed by atoms with Gasteiger partial charge < -0.3 is 65.7 Å². The summed E-state index contributed by atoms with van der Waals surface area (Å²) in [6.45, 7) is 17.5. The van der Waals surface area contributed by atoms with E-state index in [1.165, 1.54) is 34.3 Å². The van der Waals surface area contributed by atoms with Gasteiger partial charge in [0.25, 0.3) is 5.91 Å². The number of fused-ring (bicyclic) bond motifs is 4.